The van der Waals surface area contributed by atoms with Gasteiger partial charge in [0.25, 0.3) is 0 Å². The van der Waals surface area contributed by atoms with Crippen LogP contribution in [0.25, 0.3) is 0 Å². The number of nitrogens with one attached hydrogen (secondary N) is 2. The first-order chi connectivity index (χ1) is 14.8. The van der Waals surface area contributed by atoms with Crippen LogP contribution >= 0.6 is 12.2 Å². The number of benzene rings is 2. The van der Waals surface area contributed by atoms with Crippen LogP contribution in [0.1, 0.15) is 24.0 Å². The summed E-state index contributed by atoms with van der Waals surface area (Å²) in [7, 11) is 0. The third-order valence-corrected chi connectivity index (χ3v) is 4.18. The summed E-state index contributed by atoms with van der Waals surface area (Å²) in [5.41, 5.74) is 10.6. The van der Waals surface area contributed by atoms with Crippen LogP contribution in [-0.4, -0.2) is 35.9 Å². The number of halogens is 3. The Hall–Kier alpha value is -3.47. The Bertz CT molecular complexity index is 983. The number of hydrazone groups is 1. The number of aliphatic imine (C=N–C) groups is 2. The zero-order valence-corrected chi connectivity index (χ0v) is 17.0. The van der Waals surface area contributed by atoms with Gasteiger partial charge in [0.15, 0.2) is 5.11 Å². The van der Waals surface area contributed by atoms with E-state index in [2.05, 4.69) is 30.6 Å². The van der Waals surface area contributed by atoms with Gasteiger partial charge in [-0.05, 0) is 54.9 Å². The highest BCUT2D eigenvalue weighted by molar-refractivity contribution is 7.80. The van der Waals surface area contributed by atoms with Gasteiger partial charge in [-0.3, -0.25) is 5.43 Å². The molecule has 162 valence electrons. The van der Waals surface area contributed by atoms with Crippen LogP contribution in [0.15, 0.2) is 63.6 Å². The fraction of sp³-hybridized carbons (Fsp3) is 0.200. The van der Waals surface area contributed by atoms with Crippen molar-refractivity contribution in [3.8, 4) is 5.75 Å². The van der Waals surface area contributed by atoms with Gasteiger partial charge in [-0.15, -0.1) is 13.2 Å². The first-order valence-corrected chi connectivity index (χ1v) is 9.61. The molecule has 0 radical (unpaired) electrons. The van der Waals surface area contributed by atoms with Crippen molar-refractivity contribution in [2.24, 2.45) is 20.8 Å². The first kappa shape index (κ1) is 22.2. The number of hydrogen-bond donors (Lipinski definition) is 3. The van der Waals surface area contributed by atoms with Gasteiger partial charge in [-0.1, -0.05) is 24.3 Å². The molecule has 1 aliphatic rings. The fourth-order valence-electron chi connectivity index (χ4n) is 2.32. The number of thiocarbonyl (C=S) groups is 1. The third-order valence-electron chi connectivity index (χ3n) is 3.97. The SMILES string of the molecule is NC(=NC=Nc1ccc(OC(F)(F)F)cc1)c1ccc(/C=N/NC(=S)NC2CC2)cc1. The van der Waals surface area contributed by atoms with E-state index < -0.39 is 6.36 Å². The van der Waals surface area contributed by atoms with Gasteiger partial charge in [0, 0.05) is 11.6 Å². The van der Waals surface area contributed by atoms with Gasteiger partial charge in [0.05, 0.1) is 11.9 Å². The molecule has 7 nitrogen and oxygen atoms in total. The Labute approximate surface area is 181 Å². The fourth-order valence-corrected chi connectivity index (χ4v) is 2.54. The van der Waals surface area contributed by atoms with Crippen molar-refractivity contribution in [3.63, 3.8) is 0 Å². The average molecular weight is 448 g/mol. The van der Waals surface area contributed by atoms with Crippen molar-refractivity contribution in [2.45, 2.75) is 25.2 Å². The number of amidine groups is 1. The lowest BCUT2D eigenvalue weighted by molar-refractivity contribution is -0.274. The smallest absolute Gasteiger partial charge is 0.406 e. The molecule has 11 heteroatoms. The summed E-state index contributed by atoms with van der Waals surface area (Å²) in [6.07, 6.45) is 0.378. The minimum Gasteiger partial charge on any atom is -0.406 e. The zero-order valence-electron chi connectivity index (χ0n) is 16.1. The molecule has 0 heterocycles. The summed E-state index contributed by atoms with van der Waals surface area (Å²) < 4.78 is 40.3. The molecule has 2 aromatic carbocycles. The Balaban J connectivity index is 1.51. The van der Waals surface area contributed by atoms with E-state index in [1.54, 1.807) is 18.3 Å². The molecule has 0 unspecified atom stereocenters. The summed E-state index contributed by atoms with van der Waals surface area (Å²) in [6.45, 7) is 0. The van der Waals surface area contributed by atoms with Crippen LogP contribution in [0.3, 0.4) is 0 Å². The molecule has 0 aromatic heterocycles. The van der Waals surface area contributed by atoms with Crippen molar-refractivity contribution >= 4 is 41.4 Å². The molecule has 2 aromatic rings. The molecule has 1 saturated carbocycles. The summed E-state index contributed by atoms with van der Waals surface area (Å²) in [4.78, 5) is 8.07. The van der Waals surface area contributed by atoms with Crippen molar-refractivity contribution in [2.75, 3.05) is 0 Å². The molecule has 4 N–H and O–H groups in total. The molecule has 0 spiro atoms. The average Bonchev–Trinajstić information content (AvgIpc) is 3.52. The minimum atomic E-state index is -4.73. The first-order valence-electron chi connectivity index (χ1n) is 9.20. The number of nitrogens with zero attached hydrogens (tertiary/aromatic N) is 3. The second-order valence-electron chi connectivity index (χ2n) is 6.54. The van der Waals surface area contributed by atoms with Crippen molar-refractivity contribution < 1.29 is 17.9 Å². The molecule has 1 fully saturated rings. The Morgan fingerprint density at radius 1 is 1.10 bits per heavy atom. The lowest BCUT2D eigenvalue weighted by Crippen LogP contribution is -2.33. The van der Waals surface area contributed by atoms with Crippen LogP contribution in [0.4, 0.5) is 18.9 Å². The summed E-state index contributed by atoms with van der Waals surface area (Å²) >= 11 is 5.11. The van der Waals surface area contributed by atoms with Crippen molar-refractivity contribution in [1.29, 1.82) is 0 Å². The Morgan fingerprint density at radius 3 is 2.39 bits per heavy atom. The predicted molar refractivity (Wildman–Crippen MR) is 118 cm³/mol. The lowest BCUT2D eigenvalue weighted by atomic mass is 10.1. The summed E-state index contributed by atoms with van der Waals surface area (Å²) in [6, 6.07) is 12.7. The molecule has 0 amide bonds. The standard InChI is InChI=1S/C20H19F3N6OS/c21-20(22,23)30-17-9-7-15(8-10-17)25-12-26-18(24)14-3-1-13(2-4-14)11-27-29-19(31)28-16-5-6-16/h1-4,7-12,16H,5-6H2,(H2,24,25,26)(H2,28,29,31)/b27-11+. The second kappa shape index (κ2) is 10.0. The van der Waals surface area contributed by atoms with E-state index in [1.807, 2.05) is 12.1 Å². The molecule has 0 aliphatic heterocycles. The maximum absolute atomic E-state index is 12.2. The zero-order chi connectivity index (χ0) is 22.3. The van der Waals surface area contributed by atoms with E-state index in [0.717, 1.165) is 30.5 Å². The quantitative estimate of drug-likeness (QED) is 0.260. The molecule has 0 bridgehead atoms. The van der Waals surface area contributed by atoms with Gasteiger partial charge in [-0.25, -0.2) is 9.98 Å². The van der Waals surface area contributed by atoms with E-state index in [1.165, 1.54) is 18.5 Å². The number of rotatable bonds is 7. The summed E-state index contributed by atoms with van der Waals surface area (Å²) in [5, 5.41) is 7.68. The topological polar surface area (TPSA) is 96.4 Å². The van der Waals surface area contributed by atoms with Gasteiger partial charge >= 0.3 is 6.36 Å². The maximum Gasteiger partial charge on any atom is 0.573 e. The largest absolute Gasteiger partial charge is 0.573 e. The van der Waals surface area contributed by atoms with Crippen LogP contribution < -0.4 is 21.2 Å². The third kappa shape index (κ3) is 8.05. The Morgan fingerprint density at radius 2 is 1.77 bits per heavy atom. The van der Waals surface area contributed by atoms with Crippen LogP contribution in [-0.2, 0) is 0 Å². The molecule has 1 aliphatic carbocycles. The van der Waals surface area contributed by atoms with Crippen molar-refractivity contribution in [1.82, 2.24) is 10.7 Å². The number of nitrogens with two attached hydrogens (primary N) is 1. The molecular weight excluding hydrogens is 429 g/mol. The molecular formula is C20H19F3N6OS. The minimum absolute atomic E-state index is 0.234. The monoisotopic (exact) mass is 448 g/mol. The van der Waals surface area contributed by atoms with Crippen LogP contribution in [0, 0.1) is 0 Å². The van der Waals surface area contributed by atoms with Gasteiger partial charge in [0.2, 0.25) is 0 Å². The van der Waals surface area contributed by atoms with Gasteiger partial charge in [0.1, 0.15) is 17.9 Å². The lowest BCUT2D eigenvalue weighted by Gasteiger charge is -2.08. The van der Waals surface area contributed by atoms with Crippen LogP contribution in [0.5, 0.6) is 5.75 Å². The highest BCUT2D eigenvalue weighted by atomic mass is 32.1. The Kier molecular flexibility index (Phi) is 7.19. The van der Waals surface area contributed by atoms with E-state index >= 15 is 0 Å². The molecule has 3 rings (SSSR count). The van der Waals surface area contributed by atoms with Gasteiger partial charge < -0.3 is 15.8 Å². The number of alkyl halides is 3. The number of ether oxygens (including phenoxy) is 1. The molecule has 0 saturated heterocycles. The van der Waals surface area contributed by atoms with Crippen LogP contribution in [0.2, 0.25) is 0 Å². The van der Waals surface area contributed by atoms with Crippen molar-refractivity contribution in [3.05, 3.63) is 59.7 Å². The maximum atomic E-state index is 12.2. The normalized spacial score (nSPS) is 14.7. The van der Waals surface area contributed by atoms with E-state index in [4.69, 9.17) is 18.0 Å². The highest BCUT2D eigenvalue weighted by Crippen LogP contribution is 2.24. The predicted octanol–water partition coefficient (Wildman–Crippen LogP) is 3.61. The van der Waals surface area contributed by atoms with Gasteiger partial charge in [-0.2, -0.15) is 5.10 Å². The number of hydrogen-bond acceptors (Lipinski definition) is 4. The highest BCUT2D eigenvalue weighted by Gasteiger charge is 2.30. The second-order valence-corrected chi connectivity index (χ2v) is 6.95. The van der Waals surface area contributed by atoms with E-state index in [0.29, 0.717) is 22.4 Å². The van der Waals surface area contributed by atoms with E-state index in [9.17, 15) is 13.2 Å². The van der Waals surface area contributed by atoms with E-state index in [-0.39, 0.29) is 11.6 Å². The summed E-state index contributed by atoms with van der Waals surface area (Å²) in [5.74, 6) is -0.0912. The molecule has 31 heavy (non-hydrogen) atoms. The molecule has 0 atom stereocenters.